The van der Waals surface area contributed by atoms with Gasteiger partial charge in [-0.15, -0.1) is 0 Å². The fraction of sp³-hybridized carbons (Fsp3) is 1.00. The fourth-order valence-corrected chi connectivity index (χ4v) is 13.5. The molecule has 0 aromatic rings. The maximum absolute atomic E-state index is 12.3. The molecule has 326 valence electrons. The van der Waals surface area contributed by atoms with Crippen molar-refractivity contribution in [3.63, 3.8) is 0 Å². The Bertz CT molecular complexity index is 1370. The van der Waals surface area contributed by atoms with Crippen LogP contribution >= 0.6 is 0 Å². The van der Waals surface area contributed by atoms with Crippen LogP contribution in [0.25, 0.3) is 0 Å². The molecule has 2 saturated heterocycles. The van der Waals surface area contributed by atoms with Crippen molar-refractivity contribution in [2.45, 2.75) is 211 Å². The van der Waals surface area contributed by atoms with Gasteiger partial charge in [-0.3, -0.25) is 0 Å². The summed E-state index contributed by atoms with van der Waals surface area (Å²) in [5.74, 6) is -0.689. The molecule has 2 heterocycles. The molecule has 0 radical (unpaired) electrons. The smallest absolute Gasteiger partial charge is 0.187 e. The normalized spacial score (nSPS) is 53.1. The maximum atomic E-state index is 12.3. The van der Waals surface area contributed by atoms with E-state index >= 15 is 0 Å². The topological polar surface area (TPSA) is 239 Å². The van der Waals surface area contributed by atoms with E-state index < -0.39 is 119 Å². The molecule has 6 fully saturated rings. The Hall–Kier alpha value is -0.560. The molecule has 0 aromatic carbocycles. The Morgan fingerprint density at radius 3 is 2.02 bits per heavy atom. The number of fused-ring (bicyclic) bond motifs is 5. The second kappa shape index (κ2) is 15.4. The van der Waals surface area contributed by atoms with E-state index in [1.165, 1.54) is 6.92 Å². The average molecular weight is 803 g/mol. The number of aliphatic hydroxyl groups is 10. The van der Waals surface area contributed by atoms with Gasteiger partial charge in [0.2, 0.25) is 0 Å². The number of hydrogen-bond acceptors (Lipinski definition) is 14. The molecular formula is C42H74O14. The molecule has 0 bridgehead atoms. The summed E-state index contributed by atoms with van der Waals surface area (Å²) in [4.78, 5) is 0. The van der Waals surface area contributed by atoms with Crippen molar-refractivity contribution in [1.82, 2.24) is 0 Å². The zero-order valence-corrected chi connectivity index (χ0v) is 35.0. The van der Waals surface area contributed by atoms with Gasteiger partial charge in [-0.2, -0.15) is 0 Å². The van der Waals surface area contributed by atoms with E-state index in [0.29, 0.717) is 44.9 Å². The minimum absolute atomic E-state index is 0.0128. The molecule has 14 heteroatoms. The number of ether oxygens (including phenoxy) is 4. The van der Waals surface area contributed by atoms with Crippen molar-refractivity contribution < 1.29 is 70.0 Å². The van der Waals surface area contributed by atoms with Crippen LogP contribution < -0.4 is 0 Å². The summed E-state index contributed by atoms with van der Waals surface area (Å²) in [6.45, 7) is 17.1. The quantitative estimate of drug-likeness (QED) is 0.140. The molecular weight excluding hydrogens is 728 g/mol. The molecule has 56 heavy (non-hydrogen) atoms. The van der Waals surface area contributed by atoms with Crippen molar-refractivity contribution in [2.24, 2.45) is 45.3 Å². The molecule has 0 amide bonds. The lowest BCUT2D eigenvalue weighted by Gasteiger charge is -2.72. The van der Waals surface area contributed by atoms with Gasteiger partial charge < -0.3 is 70.0 Å². The summed E-state index contributed by atoms with van der Waals surface area (Å²) in [6.07, 6.45) is -11.2. The molecule has 6 rings (SSSR count). The lowest BCUT2D eigenvalue weighted by atomic mass is 9.34. The van der Waals surface area contributed by atoms with Crippen LogP contribution in [0.1, 0.15) is 120 Å². The molecule has 2 aliphatic heterocycles. The minimum Gasteiger partial charge on any atom is -0.394 e. The van der Waals surface area contributed by atoms with Gasteiger partial charge in [0.1, 0.15) is 42.7 Å². The molecule has 14 nitrogen and oxygen atoms in total. The van der Waals surface area contributed by atoms with Crippen LogP contribution in [-0.4, -0.2) is 149 Å². The Morgan fingerprint density at radius 2 is 1.39 bits per heavy atom. The van der Waals surface area contributed by atoms with E-state index in [2.05, 4.69) is 20.8 Å². The Morgan fingerprint density at radius 1 is 0.732 bits per heavy atom. The summed E-state index contributed by atoms with van der Waals surface area (Å²) < 4.78 is 25.1. The molecule has 0 spiro atoms. The second-order valence-electron chi connectivity index (χ2n) is 21.1. The summed E-state index contributed by atoms with van der Waals surface area (Å²) in [6, 6.07) is 0. The first-order valence-electron chi connectivity index (χ1n) is 21.2. The lowest BCUT2D eigenvalue weighted by Crippen LogP contribution is -2.71. The number of rotatable bonds is 10. The molecule has 0 aromatic heterocycles. The van der Waals surface area contributed by atoms with Gasteiger partial charge in [0, 0.05) is 0 Å². The maximum Gasteiger partial charge on any atom is 0.187 e. The van der Waals surface area contributed by atoms with Crippen LogP contribution in [0.4, 0.5) is 0 Å². The van der Waals surface area contributed by atoms with Gasteiger partial charge in [0.15, 0.2) is 12.6 Å². The first-order valence-corrected chi connectivity index (χ1v) is 21.2. The fourth-order valence-electron chi connectivity index (χ4n) is 13.5. The van der Waals surface area contributed by atoms with Crippen molar-refractivity contribution in [2.75, 3.05) is 6.61 Å². The third-order valence-corrected chi connectivity index (χ3v) is 16.7. The predicted molar refractivity (Wildman–Crippen MR) is 202 cm³/mol. The van der Waals surface area contributed by atoms with Crippen molar-refractivity contribution >= 4 is 0 Å². The van der Waals surface area contributed by atoms with E-state index in [4.69, 9.17) is 18.9 Å². The van der Waals surface area contributed by atoms with Crippen molar-refractivity contribution in [3.05, 3.63) is 0 Å². The monoisotopic (exact) mass is 803 g/mol. The van der Waals surface area contributed by atoms with Crippen LogP contribution in [0, 0.1) is 45.3 Å². The van der Waals surface area contributed by atoms with Crippen LogP contribution in [0.2, 0.25) is 0 Å². The Kier molecular flexibility index (Phi) is 12.4. The van der Waals surface area contributed by atoms with E-state index in [-0.39, 0.29) is 23.7 Å². The zero-order chi connectivity index (χ0) is 41.7. The highest BCUT2D eigenvalue weighted by molar-refractivity contribution is 5.22. The van der Waals surface area contributed by atoms with E-state index in [1.54, 1.807) is 13.8 Å². The lowest BCUT2D eigenvalue weighted by molar-refractivity contribution is -0.382. The van der Waals surface area contributed by atoms with Gasteiger partial charge in [-0.1, -0.05) is 34.6 Å². The largest absolute Gasteiger partial charge is 0.394 e. The predicted octanol–water partition coefficient (Wildman–Crippen LogP) is 1.34. The highest BCUT2D eigenvalue weighted by Gasteiger charge is 2.73. The Balaban J connectivity index is 1.37. The third-order valence-electron chi connectivity index (χ3n) is 16.7. The van der Waals surface area contributed by atoms with Crippen LogP contribution in [0.15, 0.2) is 0 Å². The first kappa shape index (κ1) is 45.0. The summed E-state index contributed by atoms with van der Waals surface area (Å²) in [5, 5.41) is 111. The first-order chi connectivity index (χ1) is 25.7. The highest BCUT2D eigenvalue weighted by Crippen LogP contribution is 2.76. The number of hydrogen-bond donors (Lipinski definition) is 10. The molecule has 14 unspecified atom stereocenters. The average Bonchev–Trinajstić information content (AvgIpc) is 3.48. The Labute approximate surface area is 332 Å². The molecule has 10 N–H and O–H groups in total. The summed E-state index contributed by atoms with van der Waals surface area (Å²) in [5.41, 5.74) is -3.96. The van der Waals surface area contributed by atoms with Crippen molar-refractivity contribution in [3.8, 4) is 0 Å². The second-order valence-corrected chi connectivity index (χ2v) is 21.1. The minimum atomic E-state index is -1.71. The van der Waals surface area contributed by atoms with Gasteiger partial charge in [0.05, 0.1) is 42.2 Å². The van der Waals surface area contributed by atoms with Gasteiger partial charge >= 0.3 is 0 Å². The van der Waals surface area contributed by atoms with Crippen LogP contribution in [-0.2, 0) is 18.9 Å². The van der Waals surface area contributed by atoms with Crippen molar-refractivity contribution in [1.29, 1.82) is 0 Å². The highest BCUT2D eigenvalue weighted by atomic mass is 16.8. The van der Waals surface area contributed by atoms with Gasteiger partial charge in [-0.25, -0.2) is 0 Å². The van der Waals surface area contributed by atoms with E-state index in [1.807, 2.05) is 20.8 Å². The molecule has 21 atom stereocenters. The van der Waals surface area contributed by atoms with Crippen LogP contribution in [0.5, 0.6) is 0 Å². The van der Waals surface area contributed by atoms with E-state index in [9.17, 15) is 51.1 Å². The zero-order valence-electron chi connectivity index (χ0n) is 35.0. The number of aliphatic hydroxyl groups excluding tert-OH is 8. The molecule has 4 saturated carbocycles. The standard InChI is InChI=1S/C42H74O14/c1-20-28(46)30(48)32(50)35(53-20)56-33-31(49)29(47)24(19-43)55-36(33)54-23-18-41(8)25(39(6)15-12-26(45)38(4,5)34(23)39)17-22(44)27-21(11-16-40(27,41)7)42(9,52)14-10-13-37(2,3)51/h20-36,43-52H,10-19H2,1-9H3/t20?,21?,22-,23+,24?,25?,26+,27?,28?,29?,30?,31?,32?,33?,34?,35?,36?,39-,40-,41-,42-/m1/s1. The van der Waals surface area contributed by atoms with E-state index in [0.717, 1.165) is 12.8 Å². The van der Waals surface area contributed by atoms with Crippen LogP contribution in [0.3, 0.4) is 0 Å². The van der Waals surface area contributed by atoms with Gasteiger partial charge in [-0.05, 0) is 131 Å². The third kappa shape index (κ3) is 7.35. The molecule has 4 aliphatic carbocycles. The molecule has 6 aliphatic rings. The SMILES string of the molecule is CC1OC(OC2C(O[C@H]3C[C@]4(C)C(C[C@@H](O)C5C([C@](C)(O)CCCC(C)(C)O)CC[C@]54C)[C@@]4(C)CC[C@H](O)C(C)(C)C34)OC(CO)C(O)C2O)C(O)C(O)C1O. The van der Waals surface area contributed by atoms with Gasteiger partial charge in [0.25, 0.3) is 0 Å². The summed E-state index contributed by atoms with van der Waals surface area (Å²) >= 11 is 0. The summed E-state index contributed by atoms with van der Waals surface area (Å²) in [7, 11) is 0.